The van der Waals surface area contributed by atoms with Gasteiger partial charge in [0.1, 0.15) is 6.04 Å². The van der Waals surface area contributed by atoms with Crippen molar-refractivity contribution in [1.82, 2.24) is 10.1 Å². The third-order valence-corrected chi connectivity index (χ3v) is 3.05. The largest absolute Gasteiger partial charge is 0.374 e. The Kier molecular flexibility index (Phi) is 4.01. The Balaban J connectivity index is 2.09. The fraction of sp³-hybridized carbons (Fsp3) is 0.385. The highest BCUT2D eigenvalue weighted by Crippen LogP contribution is 2.22. The van der Waals surface area contributed by atoms with Crippen molar-refractivity contribution in [2.24, 2.45) is 0 Å². The van der Waals surface area contributed by atoms with Gasteiger partial charge in [-0.25, -0.2) is 0 Å². The summed E-state index contributed by atoms with van der Waals surface area (Å²) in [5, 5.41) is 7.29. The highest BCUT2D eigenvalue weighted by atomic mass is 79.9. The van der Waals surface area contributed by atoms with Gasteiger partial charge < -0.3 is 9.84 Å². The minimum Gasteiger partial charge on any atom is -0.374 e. The topological polar surface area (TPSA) is 51.0 Å². The molecule has 18 heavy (non-hydrogen) atoms. The van der Waals surface area contributed by atoms with E-state index in [1.807, 2.05) is 45.0 Å². The Morgan fingerprint density at radius 1 is 1.28 bits per heavy atom. The van der Waals surface area contributed by atoms with Crippen molar-refractivity contribution >= 4 is 21.6 Å². The van der Waals surface area contributed by atoms with Crippen LogP contribution in [0.1, 0.15) is 44.4 Å². The summed E-state index contributed by atoms with van der Waals surface area (Å²) in [7, 11) is 0. The minimum absolute atomic E-state index is 0.0145. The number of halogens is 1. The van der Waals surface area contributed by atoms with E-state index >= 15 is 0 Å². The van der Waals surface area contributed by atoms with E-state index in [4.69, 9.17) is 4.52 Å². The number of rotatable bonds is 4. The first-order chi connectivity index (χ1) is 8.56. The zero-order valence-corrected chi connectivity index (χ0v) is 12.2. The molecule has 1 heterocycles. The smallest absolute Gasteiger partial charge is 0.248 e. The molecule has 1 unspecified atom stereocenters. The van der Waals surface area contributed by atoms with Gasteiger partial charge in [0.15, 0.2) is 5.82 Å². The molecule has 0 saturated carbocycles. The second-order valence-electron chi connectivity index (χ2n) is 4.52. The molecule has 1 aromatic carbocycles. The summed E-state index contributed by atoms with van der Waals surface area (Å²) in [6, 6.07) is 7.96. The first-order valence-corrected chi connectivity index (χ1v) is 6.71. The SMILES string of the molecule is CC(C)c1noc(C(C)Nc2cccc(Br)c2)n1. The Morgan fingerprint density at radius 2 is 2.06 bits per heavy atom. The van der Waals surface area contributed by atoms with Crippen LogP contribution in [0.15, 0.2) is 33.3 Å². The van der Waals surface area contributed by atoms with Crippen LogP contribution >= 0.6 is 15.9 Å². The molecule has 0 spiro atoms. The minimum atomic E-state index is -0.0145. The number of hydrogen-bond acceptors (Lipinski definition) is 4. The Hall–Kier alpha value is -1.36. The van der Waals surface area contributed by atoms with Gasteiger partial charge in [-0.15, -0.1) is 0 Å². The van der Waals surface area contributed by atoms with Gasteiger partial charge in [0.05, 0.1) is 0 Å². The second kappa shape index (κ2) is 5.52. The number of anilines is 1. The van der Waals surface area contributed by atoms with E-state index in [-0.39, 0.29) is 12.0 Å². The molecule has 2 aromatic rings. The maximum Gasteiger partial charge on any atom is 0.248 e. The predicted molar refractivity (Wildman–Crippen MR) is 74.6 cm³/mol. The fourth-order valence-corrected chi connectivity index (χ4v) is 1.95. The van der Waals surface area contributed by atoms with Crippen molar-refractivity contribution in [3.63, 3.8) is 0 Å². The highest BCUT2D eigenvalue weighted by Gasteiger charge is 2.15. The first-order valence-electron chi connectivity index (χ1n) is 5.92. The molecule has 0 aliphatic heterocycles. The van der Waals surface area contributed by atoms with E-state index in [1.165, 1.54) is 0 Å². The van der Waals surface area contributed by atoms with E-state index in [0.29, 0.717) is 5.89 Å². The lowest BCUT2D eigenvalue weighted by Crippen LogP contribution is -2.07. The van der Waals surface area contributed by atoms with Crippen molar-refractivity contribution in [1.29, 1.82) is 0 Å². The molecule has 0 aliphatic carbocycles. The summed E-state index contributed by atoms with van der Waals surface area (Å²) in [5.74, 6) is 1.63. The van der Waals surface area contributed by atoms with Crippen LogP contribution < -0.4 is 5.32 Å². The molecule has 0 amide bonds. The number of benzene rings is 1. The third kappa shape index (κ3) is 3.10. The average molecular weight is 310 g/mol. The third-order valence-electron chi connectivity index (χ3n) is 2.55. The highest BCUT2D eigenvalue weighted by molar-refractivity contribution is 9.10. The maximum atomic E-state index is 5.25. The molecule has 0 aliphatic rings. The van der Waals surface area contributed by atoms with Crippen molar-refractivity contribution in [2.45, 2.75) is 32.7 Å². The monoisotopic (exact) mass is 309 g/mol. The molecule has 0 radical (unpaired) electrons. The van der Waals surface area contributed by atoms with E-state index in [1.54, 1.807) is 0 Å². The van der Waals surface area contributed by atoms with Gasteiger partial charge in [0.25, 0.3) is 0 Å². The van der Waals surface area contributed by atoms with Crippen LogP contribution in [0.3, 0.4) is 0 Å². The van der Waals surface area contributed by atoms with Crippen molar-refractivity contribution in [3.05, 3.63) is 40.5 Å². The average Bonchev–Trinajstić information content (AvgIpc) is 2.78. The molecule has 0 saturated heterocycles. The van der Waals surface area contributed by atoms with Crippen molar-refractivity contribution < 1.29 is 4.52 Å². The Morgan fingerprint density at radius 3 is 2.67 bits per heavy atom. The van der Waals surface area contributed by atoms with Gasteiger partial charge >= 0.3 is 0 Å². The Labute approximate surface area is 115 Å². The number of aromatic nitrogens is 2. The van der Waals surface area contributed by atoms with Crippen LogP contribution in [-0.4, -0.2) is 10.1 Å². The molecule has 1 N–H and O–H groups in total. The van der Waals surface area contributed by atoms with Crippen molar-refractivity contribution in [2.75, 3.05) is 5.32 Å². The summed E-state index contributed by atoms with van der Waals surface area (Å²) < 4.78 is 6.29. The van der Waals surface area contributed by atoms with Gasteiger partial charge in [-0.05, 0) is 25.1 Å². The lowest BCUT2D eigenvalue weighted by molar-refractivity contribution is 0.361. The normalized spacial score (nSPS) is 12.7. The van der Waals surface area contributed by atoms with Crippen molar-refractivity contribution in [3.8, 4) is 0 Å². The predicted octanol–water partition coefficient (Wildman–Crippen LogP) is 4.13. The number of nitrogens with zero attached hydrogens (tertiary/aromatic N) is 2. The summed E-state index contributed by atoms with van der Waals surface area (Å²) in [5.41, 5.74) is 1.01. The number of hydrogen-bond donors (Lipinski definition) is 1. The zero-order valence-electron chi connectivity index (χ0n) is 10.6. The molecule has 96 valence electrons. The molecular formula is C13H16BrN3O. The molecular weight excluding hydrogens is 294 g/mol. The van der Waals surface area contributed by atoms with E-state index < -0.39 is 0 Å². The fourth-order valence-electron chi connectivity index (χ4n) is 1.55. The quantitative estimate of drug-likeness (QED) is 0.922. The molecule has 1 aromatic heterocycles. The van der Waals surface area contributed by atoms with Crippen LogP contribution in [0.4, 0.5) is 5.69 Å². The van der Waals surface area contributed by atoms with Gasteiger partial charge in [-0.3, -0.25) is 0 Å². The van der Waals surface area contributed by atoms with Crippen LogP contribution in [0, 0.1) is 0 Å². The van der Waals surface area contributed by atoms with Crippen LogP contribution in [0.5, 0.6) is 0 Å². The van der Waals surface area contributed by atoms with Gasteiger partial charge in [0.2, 0.25) is 5.89 Å². The van der Waals surface area contributed by atoms with Gasteiger partial charge in [-0.2, -0.15) is 4.98 Å². The molecule has 5 heteroatoms. The van der Waals surface area contributed by atoms with E-state index in [0.717, 1.165) is 16.0 Å². The van der Waals surface area contributed by atoms with E-state index in [9.17, 15) is 0 Å². The van der Waals surface area contributed by atoms with Gasteiger partial charge in [-0.1, -0.05) is 41.0 Å². The summed E-state index contributed by atoms with van der Waals surface area (Å²) >= 11 is 3.44. The molecule has 2 rings (SSSR count). The lowest BCUT2D eigenvalue weighted by Gasteiger charge is -2.11. The summed E-state index contributed by atoms with van der Waals surface area (Å²) in [4.78, 5) is 4.38. The van der Waals surface area contributed by atoms with E-state index in [2.05, 4.69) is 31.4 Å². The lowest BCUT2D eigenvalue weighted by atomic mass is 10.2. The summed E-state index contributed by atoms with van der Waals surface area (Å²) in [6.45, 7) is 6.08. The first kappa shape index (κ1) is 13.1. The maximum absolute atomic E-state index is 5.25. The molecule has 0 fully saturated rings. The Bertz CT molecular complexity index is 524. The molecule has 4 nitrogen and oxygen atoms in total. The second-order valence-corrected chi connectivity index (χ2v) is 5.44. The number of nitrogens with one attached hydrogen (secondary N) is 1. The summed E-state index contributed by atoms with van der Waals surface area (Å²) in [6.07, 6.45) is 0. The molecule has 1 atom stereocenters. The molecule has 0 bridgehead atoms. The zero-order chi connectivity index (χ0) is 13.1. The van der Waals surface area contributed by atoms with Crippen LogP contribution in [0.2, 0.25) is 0 Å². The van der Waals surface area contributed by atoms with Crippen LogP contribution in [0.25, 0.3) is 0 Å². The standard InChI is InChI=1S/C13H16BrN3O/c1-8(2)12-16-13(18-17-12)9(3)15-11-6-4-5-10(14)7-11/h4-9,15H,1-3H3. The van der Waals surface area contributed by atoms with Crippen LogP contribution in [-0.2, 0) is 0 Å². The van der Waals surface area contributed by atoms with Gasteiger partial charge in [0, 0.05) is 16.1 Å².